The van der Waals surface area contributed by atoms with Gasteiger partial charge in [-0.3, -0.25) is 0 Å². The molecule has 0 heterocycles. The fourth-order valence-electron chi connectivity index (χ4n) is 2.82. The predicted molar refractivity (Wildman–Crippen MR) is 98.9 cm³/mol. The van der Waals surface area contributed by atoms with Crippen LogP contribution in [0.3, 0.4) is 0 Å². The standard InChI is InChI=1S/C18H22NO4S2/c1-3-17(15-11-7-5-8-12-15)24(20,21)19-25(22,23)18(4-2)16-13-9-6-10-14-16/h5-14,17-18H,3-4H2,1-2H3. The van der Waals surface area contributed by atoms with Gasteiger partial charge in [0.2, 0.25) is 20.0 Å². The van der Waals surface area contributed by atoms with E-state index in [0.717, 1.165) is 0 Å². The van der Waals surface area contributed by atoms with Crippen LogP contribution in [0.15, 0.2) is 60.7 Å². The summed E-state index contributed by atoms with van der Waals surface area (Å²) in [7, 11) is -8.42. The lowest BCUT2D eigenvalue weighted by atomic mass is 10.1. The van der Waals surface area contributed by atoms with Crippen molar-refractivity contribution in [3.63, 3.8) is 0 Å². The zero-order chi connectivity index (χ0) is 18.5. The van der Waals surface area contributed by atoms with Gasteiger partial charge in [-0.25, -0.2) is 16.8 Å². The molecule has 0 aromatic heterocycles. The Bertz CT molecular complexity index is 804. The van der Waals surface area contributed by atoms with E-state index in [1.54, 1.807) is 74.5 Å². The molecule has 0 N–H and O–H groups in total. The molecular formula is C18H22NO4S2. The lowest BCUT2D eigenvalue weighted by molar-refractivity contribution is 0.557. The first-order valence-corrected chi connectivity index (χ1v) is 11.1. The Morgan fingerprint density at radius 3 is 1.28 bits per heavy atom. The fraction of sp³-hybridized carbons (Fsp3) is 0.333. The number of rotatable bonds is 8. The largest absolute Gasteiger partial charge is 0.249 e. The lowest BCUT2D eigenvalue weighted by Gasteiger charge is -2.19. The van der Waals surface area contributed by atoms with Crippen molar-refractivity contribution >= 4 is 20.0 Å². The molecule has 135 valence electrons. The van der Waals surface area contributed by atoms with E-state index >= 15 is 0 Å². The molecule has 0 aliphatic heterocycles. The molecule has 7 heteroatoms. The van der Waals surface area contributed by atoms with Crippen LogP contribution in [-0.2, 0) is 20.0 Å². The molecule has 2 atom stereocenters. The van der Waals surface area contributed by atoms with Crippen molar-refractivity contribution in [3.8, 4) is 0 Å². The molecule has 0 aliphatic carbocycles. The van der Waals surface area contributed by atoms with Crippen LogP contribution in [0.25, 0.3) is 0 Å². The second-order valence-electron chi connectivity index (χ2n) is 5.72. The van der Waals surface area contributed by atoms with Crippen LogP contribution >= 0.6 is 0 Å². The molecule has 0 saturated heterocycles. The minimum atomic E-state index is -4.21. The third kappa shape index (κ3) is 4.68. The highest BCUT2D eigenvalue weighted by Crippen LogP contribution is 2.30. The Morgan fingerprint density at radius 2 is 1.00 bits per heavy atom. The first-order chi connectivity index (χ1) is 11.8. The van der Waals surface area contributed by atoms with Gasteiger partial charge in [-0.15, -0.1) is 0 Å². The van der Waals surface area contributed by atoms with Crippen molar-refractivity contribution in [3.05, 3.63) is 71.8 Å². The van der Waals surface area contributed by atoms with Crippen molar-refractivity contribution in [2.24, 2.45) is 0 Å². The normalized spacial score (nSPS) is 14.8. The average Bonchev–Trinajstić information content (AvgIpc) is 2.56. The third-order valence-corrected chi connectivity index (χ3v) is 8.32. The summed E-state index contributed by atoms with van der Waals surface area (Å²) in [6.07, 6.45) is 0.487. The second kappa shape index (κ2) is 8.12. The van der Waals surface area contributed by atoms with Crippen LogP contribution in [-0.4, -0.2) is 16.8 Å². The first kappa shape index (κ1) is 19.6. The highest BCUT2D eigenvalue weighted by molar-refractivity contribution is 8.04. The van der Waals surface area contributed by atoms with E-state index in [4.69, 9.17) is 0 Å². The van der Waals surface area contributed by atoms with E-state index in [9.17, 15) is 16.8 Å². The summed E-state index contributed by atoms with van der Waals surface area (Å²) in [5.41, 5.74) is 1.08. The maximum Gasteiger partial charge on any atom is 0.249 e. The molecule has 0 bridgehead atoms. The van der Waals surface area contributed by atoms with Crippen LogP contribution in [0, 0.1) is 0 Å². The molecule has 2 unspecified atom stereocenters. The monoisotopic (exact) mass is 380 g/mol. The SMILES string of the molecule is CCC(c1ccccc1)S(=O)(=O)[N]S(=O)(=O)C(CC)c1ccccc1. The predicted octanol–water partition coefficient (Wildman–Crippen LogP) is 3.55. The van der Waals surface area contributed by atoms with Gasteiger partial charge in [0, 0.05) is 4.13 Å². The summed E-state index contributed by atoms with van der Waals surface area (Å²) >= 11 is 0. The van der Waals surface area contributed by atoms with Gasteiger partial charge in [0.25, 0.3) is 0 Å². The molecule has 0 saturated carbocycles. The lowest BCUT2D eigenvalue weighted by Crippen LogP contribution is -2.31. The molecule has 2 aromatic carbocycles. The average molecular weight is 381 g/mol. The van der Waals surface area contributed by atoms with Crippen LogP contribution in [0.4, 0.5) is 0 Å². The molecule has 25 heavy (non-hydrogen) atoms. The van der Waals surface area contributed by atoms with Gasteiger partial charge >= 0.3 is 0 Å². The molecule has 0 aliphatic rings. The minimum absolute atomic E-state index is 0.244. The van der Waals surface area contributed by atoms with Gasteiger partial charge in [0.1, 0.15) is 10.5 Å². The number of sulfonamides is 2. The van der Waals surface area contributed by atoms with Crippen LogP contribution in [0.1, 0.15) is 48.3 Å². The number of nitrogens with zero attached hydrogens (tertiary/aromatic N) is 1. The van der Waals surface area contributed by atoms with Crippen molar-refractivity contribution in [1.82, 2.24) is 4.13 Å². The summed E-state index contributed by atoms with van der Waals surface area (Å²) in [4.78, 5) is 0. The maximum atomic E-state index is 12.7. The van der Waals surface area contributed by atoms with Crippen molar-refractivity contribution < 1.29 is 16.8 Å². The summed E-state index contributed by atoms with van der Waals surface area (Å²) in [5.74, 6) is 0. The van der Waals surface area contributed by atoms with Crippen molar-refractivity contribution in [1.29, 1.82) is 0 Å². The van der Waals surface area contributed by atoms with Gasteiger partial charge in [-0.1, -0.05) is 74.5 Å². The van der Waals surface area contributed by atoms with Crippen molar-refractivity contribution in [2.45, 2.75) is 37.2 Å². The highest BCUT2D eigenvalue weighted by Gasteiger charge is 2.36. The van der Waals surface area contributed by atoms with E-state index in [-0.39, 0.29) is 12.8 Å². The van der Waals surface area contributed by atoms with Gasteiger partial charge < -0.3 is 0 Å². The summed E-state index contributed by atoms with van der Waals surface area (Å²) < 4.78 is 54.1. The highest BCUT2D eigenvalue weighted by atomic mass is 32.3. The Balaban J connectivity index is 2.34. The quantitative estimate of drug-likeness (QED) is 0.701. The van der Waals surface area contributed by atoms with E-state index < -0.39 is 30.5 Å². The van der Waals surface area contributed by atoms with E-state index in [1.165, 1.54) is 0 Å². The van der Waals surface area contributed by atoms with Crippen LogP contribution in [0.5, 0.6) is 0 Å². The van der Waals surface area contributed by atoms with E-state index in [1.807, 2.05) is 0 Å². The van der Waals surface area contributed by atoms with Crippen LogP contribution in [0.2, 0.25) is 0 Å². The molecule has 2 aromatic rings. The maximum absolute atomic E-state index is 12.7. The number of hydrogen-bond acceptors (Lipinski definition) is 4. The Hall–Kier alpha value is -1.70. The molecule has 1 radical (unpaired) electrons. The molecule has 0 spiro atoms. The van der Waals surface area contributed by atoms with Gasteiger partial charge in [0.05, 0.1) is 0 Å². The second-order valence-corrected chi connectivity index (χ2v) is 9.51. The summed E-state index contributed by atoms with van der Waals surface area (Å²) in [6, 6.07) is 17.1. The summed E-state index contributed by atoms with van der Waals surface area (Å²) in [5, 5.41) is -1.95. The zero-order valence-corrected chi connectivity index (χ0v) is 15.9. The van der Waals surface area contributed by atoms with E-state index in [2.05, 4.69) is 4.13 Å². The molecule has 5 nitrogen and oxygen atoms in total. The Kier molecular flexibility index (Phi) is 6.37. The van der Waals surface area contributed by atoms with Crippen LogP contribution < -0.4 is 4.13 Å². The smallest absolute Gasteiger partial charge is 0.209 e. The first-order valence-electron chi connectivity index (χ1n) is 8.13. The zero-order valence-electron chi connectivity index (χ0n) is 14.2. The van der Waals surface area contributed by atoms with Gasteiger partial charge in [-0.05, 0) is 24.0 Å². The Morgan fingerprint density at radius 1 is 0.680 bits per heavy atom. The van der Waals surface area contributed by atoms with Crippen molar-refractivity contribution in [2.75, 3.05) is 0 Å². The molecule has 0 amide bonds. The number of hydrogen-bond donors (Lipinski definition) is 0. The van der Waals surface area contributed by atoms with E-state index in [0.29, 0.717) is 11.1 Å². The molecule has 0 fully saturated rings. The topological polar surface area (TPSA) is 82.4 Å². The Labute approximate surface area is 150 Å². The van der Waals surface area contributed by atoms with Gasteiger partial charge in [0.15, 0.2) is 0 Å². The molecule has 2 rings (SSSR count). The summed E-state index contributed by atoms with van der Waals surface area (Å²) in [6.45, 7) is 3.40. The minimum Gasteiger partial charge on any atom is -0.209 e. The fourth-order valence-corrected chi connectivity index (χ4v) is 6.65. The van der Waals surface area contributed by atoms with Gasteiger partial charge in [-0.2, -0.15) is 0 Å². The molecular weight excluding hydrogens is 358 g/mol. The number of benzene rings is 2. The third-order valence-electron chi connectivity index (χ3n) is 4.01.